The van der Waals surface area contributed by atoms with Crippen LogP contribution in [0.3, 0.4) is 0 Å². The number of anilines is 2. The van der Waals surface area contributed by atoms with E-state index in [2.05, 4.69) is 10.3 Å². The fraction of sp³-hybridized carbons (Fsp3) is 0.133. The summed E-state index contributed by atoms with van der Waals surface area (Å²) in [4.78, 5) is 17.2. The minimum absolute atomic E-state index is 0.200. The number of hydrogen-bond donors (Lipinski definition) is 2. The van der Waals surface area contributed by atoms with Crippen LogP contribution in [0.5, 0.6) is 0 Å². The molecule has 3 N–H and O–H groups in total. The van der Waals surface area contributed by atoms with Crippen LogP contribution >= 0.6 is 35.1 Å². The molecule has 0 aliphatic carbocycles. The van der Waals surface area contributed by atoms with Crippen LogP contribution in [0.25, 0.3) is 0 Å². The zero-order valence-corrected chi connectivity index (χ0v) is 14.6. The molecule has 0 aliphatic rings. The van der Waals surface area contributed by atoms with Gasteiger partial charge in [0.05, 0.1) is 11.4 Å². The summed E-state index contributed by atoms with van der Waals surface area (Å²) >= 11 is 8.51. The number of nitrogens with one attached hydrogen (secondary N) is 1. The molecule has 1 amide bonds. The van der Waals surface area contributed by atoms with E-state index in [1.807, 2.05) is 18.2 Å². The molecule has 118 valence electrons. The predicted octanol–water partition coefficient (Wildman–Crippen LogP) is 3.64. The first-order valence-corrected chi connectivity index (χ1v) is 9.05. The molecule has 0 unspecified atom stereocenters. The van der Waals surface area contributed by atoms with Gasteiger partial charge in [0.25, 0.3) is 0 Å². The molecular weight excluding hydrogens is 352 g/mol. The topological polar surface area (TPSA) is 91.8 Å². The predicted molar refractivity (Wildman–Crippen MR) is 96.0 cm³/mol. The molecule has 2 aromatic rings. The number of pyridine rings is 1. The van der Waals surface area contributed by atoms with Crippen molar-refractivity contribution in [3.63, 3.8) is 0 Å². The number of nitrogens with two attached hydrogens (primary N) is 1. The molecular formula is C15H13ClN4OS2. The largest absolute Gasteiger partial charge is 0.397 e. The van der Waals surface area contributed by atoms with E-state index in [-0.39, 0.29) is 11.7 Å². The number of nitrogen functional groups attached to an aromatic ring is 1. The first-order valence-electron chi connectivity index (χ1n) is 6.46. The molecule has 1 heterocycles. The van der Waals surface area contributed by atoms with E-state index in [1.54, 1.807) is 18.4 Å². The number of halogens is 1. The standard InChI is InChI=1S/C15H13ClN4OS2/c1-22-15-11(7-17)12(18)6-13(20-15)19-14(21)8-23-10-4-2-9(16)3-5-10/h2-6H,8H2,1H3,(H3,18,19,20,21). The Bertz CT molecular complexity index is 759. The van der Waals surface area contributed by atoms with Gasteiger partial charge < -0.3 is 11.1 Å². The molecule has 0 fully saturated rings. The fourth-order valence-corrected chi connectivity index (χ4v) is 3.10. The number of amides is 1. The Labute approximate surface area is 147 Å². The maximum Gasteiger partial charge on any atom is 0.235 e. The number of nitriles is 1. The van der Waals surface area contributed by atoms with Crippen LogP contribution in [-0.2, 0) is 4.79 Å². The van der Waals surface area contributed by atoms with Crippen LogP contribution in [0.1, 0.15) is 5.56 Å². The highest BCUT2D eigenvalue weighted by Gasteiger charge is 2.12. The smallest absolute Gasteiger partial charge is 0.235 e. The van der Waals surface area contributed by atoms with Crippen molar-refractivity contribution in [2.75, 3.05) is 23.1 Å². The van der Waals surface area contributed by atoms with Crippen molar-refractivity contribution in [2.45, 2.75) is 9.92 Å². The zero-order chi connectivity index (χ0) is 16.8. The van der Waals surface area contributed by atoms with Crippen molar-refractivity contribution in [1.29, 1.82) is 5.26 Å². The number of hydrogen-bond acceptors (Lipinski definition) is 6. The Balaban J connectivity index is 2.01. The lowest BCUT2D eigenvalue weighted by Crippen LogP contribution is -2.15. The molecule has 23 heavy (non-hydrogen) atoms. The van der Waals surface area contributed by atoms with Crippen molar-refractivity contribution < 1.29 is 4.79 Å². The summed E-state index contributed by atoms with van der Waals surface area (Å²) in [5.41, 5.74) is 6.44. The van der Waals surface area contributed by atoms with Gasteiger partial charge in [-0.2, -0.15) is 5.26 Å². The molecule has 2 rings (SSSR count). The van der Waals surface area contributed by atoms with Crippen LogP contribution in [0.2, 0.25) is 5.02 Å². The van der Waals surface area contributed by atoms with Gasteiger partial charge in [0.15, 0.2) is 0 Å². The number of benzene rings is 1. The zero-order valence-electron chi connectivity index (χ0n) is 12.2. The van der Waals surface area contributed by atoms with Gasteiger partial charge in [-0.05, 0) is 30.5 Å². The molecule has 0 spiro atoms. The highest BCUT2D eigenvalue weighted by molar-refractivity contribution is 8.00. The molecule has 0 bridgehead atoms. The summed E-state index contributed by atoms with van der Waals surface area (Å²) in [5.74, 6) is 0.374. The summed E-state index contributed by atoms with van der Waals surface area (Å²) in [6, 6.07) is 10.7. The summed E-state index contributed by atoms with van der Waals surface area (Å²) in [5, 5.41) is 12.9. The summed E-state index contributed by atoms with van der Waals surface area (Å²) in [7, 11) is 0. The van der Waals surface area contributed by atoms with E-state index in [1.165, 1.54) is 29.6 Å². The second-order valence-corrected chi connectivity index (χ2v) is 6.66. The van der Waals surface area contributed by atoms with Crippen molar-refractivity contribution in [2.24, 2.45) is 0 Å². The van der Waals surface area contributed by atoms with E-state index >= 15 is 0 Å². The van der Waals surface area contributed by atoms with Gasteiger partial charge in [0, 0.05) is 16.0 Å². The normalized spacial score (nSPS) is 10.1. The Morgan fingerprint density at radius 3 is 2.74 bits per heavy atom. The van der Waals surface area contributed by atoms with Gasteiger partial charge in [-0.1, -0.05) is 11.6 Å². The number of thioether (sulfide) groups is 2. The maximum atomic E-state index is 12.0. The van der Waals surface area contributed by atoms with Crippen LogP contribution in [0.15, 0.2) is 40.3 Å². The summed E-state index contributed by atoms with van der Waals surface area (Å²) < 4.78 is 0. The molecule has 0 aliphatic heterocycles. The van der Waals surface area contributed by atoms with E-state index in [0.29, 0.717) is 27.1 Å². The van der Waals surface area contributed by atoms with E-state index in [9.17, 15) is 4.79 Å². The SMILES string of the molecule is CSc1nc(NC(=O)CSc2ccc(Cl)cc2)cc(N)c1C#N. The third-order valence-electron chi connectivity index (χ3n) is 2.77. The van der Waals surface area contributed by atoms with Gasteiger partial charge in [0.1, 0.15) is 22.5 Å². The number of carbonyl (C=O) groups is 1. The lowest BCUT2D eigenvalue weighted by molar-refractivity contribution is -0.113. The van der Waals surface area contributed by atoms with Gasteiger partial charge in [-0.3, -0.25) is 4.79 Å². The molecule has 0 saturated carbocycles. The Morgan fingerprint density at radius 2 is 2.13 bits per heavy atom. The molecule has 0 saturated heterocycles. The van der Waals surface area contributed by atoms with Gasteiger partial charge >= 0.3 is 0 Å². The second-order valence-electron chi connectivity index (χ2n) is 4.38. The monoisotopic (exact) mass is 364 g/mol. The third kappa shape index (κ3) is 4.79. The van der Waals surface area contributed by atoms with Crippen LogP contribution in [0, 0.1) is 11.3 Å². The molecule has 0 radical (unpaired) electrons. The quantitative estimate of drug-likeness (QED) is 0.787. The van der Waals surface area contributed by atoms with Crippen LogP contribution in [-0.4, -0.2) is 22.9 Å². The summed E-state index contributed by atoms with van der Waals surface area (Å²) in [6.07, 6.45) is 1.80. The Morgan fingerprint density at radius 1 is 1.43 bits per heavy atom. The molecule has 0 atom stereocenters. The number of nitrogens with zero attached hydrogens (tertiary/aromatic N) is 2. The number of rotatable bonds is 5. The third-order valence-corrected chi connectivity index (χ3v) is 4.72. The van der Waals surface area contributed by atoms with Crippen molar-refractivity contribution in [3.8, 4) is 6.07 Å². The van der Waals surface area contributed by atoms with Gasteiger partial charge in [0.2, 0.25) is 5.91 Å². The highest BCUT2D eigenvalue weighted by atomic mass is 35.5. The average molecular weight is 365 g/mol. The fourth-order valence-electron chi connectivity index (χ4n) is 1.72. The lowest BCUT2D eigenvalue weighted by atomic mass is 10.2. The van der Waals surface area contributed by atoms with E-state index < -0.39 is 0 Å². The maximum absolute atomic E-state index is 12.0. The van der Waals surface area contributed by atoms with Crippen molar-refractivity contribution in [1.82, 2.24) is 4.98 Å². The molecule has 8 heteroatoms. The van der Waals surface area contributed by atoms with E-state index in [4.69, 9.17) is 22.6 Å². The molecule has 1 aromatic carbocycles. The molecule has 5 nitrogen and oxygen atoms in total. The lowest BCUT2D eigenvalue weighted by Gasteiger charge is -2.09. The first kappa shape index (κ1) is 17.5. The Kier molecular flexibility index (Phi) is 6.16. The summed E-state index contributed by atoms with van der Waals surface area (Å²) in [6.45, 7) is 0. The van der Waals surface area contributed by atoms with Crippen LogP contribution in [0.4, 0.5) is 11.5 Å². The molecule has 1 aromatic heterocycles. The first-order chi connectivity index (χ1) is 11.0. The highest BCUT2D eigenvalue weighted by Crippen LogP contribution is 2.26. The van der Waals surface area contributed by atoms with Crippen LogP contribution < -0.4 is 11.1 Å². The van der Waals surface area contributed by atoms with E-state index in [0.717, 1.165) is 4.90 Å². The minimum atomic E-state index is -0.200. The van der Waals surface area contributed by atoms with Crippen molar-refractivity contribution >= 4 is 52.5 Å². The van der Waals surface area contributed by atoms with Gasteiger partial charge in [-0.15, -0.1) is 23.5 Å². The van der Waals surface area contributed by atoms with Crippen molar-refractivity contribution in [3.05, 3.63) is 40.9 Å². The minimum Gasteiger partial charge on any atom is -0.397 e. The number of carbonyl (C=O) groups excluding carboxylic acids is 1. The average Bonchev–Trinajstić information content (AvgIpc) is 2.53. The Hall–Kier alpha value is -1.88. The van der Waals surface area contributed by atoms with Gasteiger partial charge in [-0.25, -0.2) is 4.98 Å². The number of aromatic nitrogens is 1. The second kappa shape index (κ2) is 8.11.